The Morgan fingerprint density at radius 2 is 1.16 bits per heavy atom. The summed E-state index contributed by atoms with van der Waals surface area (Å²) in [4.78, 5) is 0. The number of nitrogens with zero attached hydrogens (tertiary/aromatic N) is 4. The zero-order valence-electron chi connectivity index (χ0n) is 25.6. The predicted octanol–water partition coefficient (Wildman–Crippen LogP) is 10.4. The first-order chi connectivity index (χ1) is 21.2. The van der Waals surface area contributed by atoms with E-state index in [1.54, 1.807) is 0 Å². The number of fused-ring (bicyclic) bond motifs is 6. The van der Waals surface area contributed by atoms with Gasteiger partial charge in [-0.2, -0.15) is 10.5 Å². The molecule has 0 atom stereocenters. The van der Waals surface area contributed by atoms with Crippen molar-refractivity contribution >= 4 is 49.6 Å². The Bertz CT molecular complexity index is 2360. The van der Waals surface area contributed by atoms with Gasteiger partial charge < -0.3 is 9.13 Å². The summed E-state index contributed by atoms with van der Waals surface area (Å²) in [6, 6.07) is 38.0. The maximum absolute atomic E-state index is 10.7. The molecule has 4 heteroatoms. The second-order valence-electron chi connectivity index (χ2n) is 12.5. The maximum atomic E-state index is 10.7. The molecule has 2 aromatic heterocycles. The van der Waals surface area contributed by atoms with Crippen LogP contribution in [0.25, 0.3) is 60.9 Å². The van der Waals surface area contributed by atoms with E-state index in [0.29, 0.717) is 22.5 Å². The van der Waals surface area contributed by atoms with Crippen LogP contribution in [0, 0.1) is 35.0 Å². The lowest BCUT2D eigenvalue weighted by Gasteiger charge is -2.19. The van der Waals surface area contributed by atoms with Crippen molar-refractivity contribution in [2.75, 3.05) is 0 Å². The van der Waals surface area contributed by atoms with Gasteiger partial charge in [-0.05, 0) is 60.4 Å². The van der Waals surface area contributed by atoms with Gasteiger partial charge in [-0.25, -0.2) is 0 Å². The zero-order valence-corrected chi connectivity index (χ0v) is 25.6. The molecule has 5 aromatic carbocycles. The molecule has 0 saturated heterocycles. The van der Waals surface area contributed by atoms with Crippen LogP contribution in [-0.4, -0.2) is 9.13 Å². The van der Waals surface area contributed by atoms with Crippen LogP contribution in [0.1, 0.15) is 50.1 Å². The van der Waals surface area contributed by atoms with Gasteiger partial charge >= 0.3 is 0 Å². The molecule has 7 rings (SSSR count). The van der Waals surface area contributed by atoms with Crippen LogP contribution in [0.3, 0.4) is 0 Å². The van der Waals surface area contributed by atoms with E-state index in [0.717, 1.165) is 44.0 Å². The van der Waals surface area contributed by atoms with Crippen LogP contribution in [0.4, 0.5) is 0 Å². The van der Waals surface area contributed by atoms with Gasteiger partial charge in [0.05, 0.1) is 39.1 Å². The number of benzene rings is 5. The van der Waals surface area contributed by atoms with Crippen LogP contribution in [0.2, 0.25) is 0 Å². The second-order valence-corrected chi connectivity index (χ2v) is 12.5. The summed E-state index contributed by atoms with van der Waals surface area (Å²) in [6.45, 7) is 11.0. The topological polar surface area (TPSA) is 57.4 Å². The molecule has 2 heterocycles. The standard InChI is InChI=1S/C40H32N4/c1-25(40(3,4)5)22-31-26(2)43(38-19-18-27-12-6-7-13-28(27)39(31)38)36-20-21-37(33(24-42)32(36)23-41)44-34-16-10-8-14-29(34)30-15-9-11-17-35(30)44/h6-22H,1-5H3/b25-22+. The second kappa shape index (κ2) is 10.0. The lowest BCUT2D eigenvalue weighted by atomic mass is 9.86. The van der Waals surface area contributed by atoms with E-state index in [2.05, 4.69) is 123 Å². The summed E-state index contributed by atoms with van der Waals surface area (Å²) in [7, 11) is 0. The maximum Gasteiger partial charge on any atom is 0.103 e. The SMILES string of the molecule is C/C(=C\c1c(C)n(-c2ccc(-n3c4ccccc4c4ccccc43)c(C#N)c2C#N)c2ccc3ccccc3c12)C(C)(C)C. The molecule has 212 valence electrons. The number of allylic oxidation sites excluding steroid dienone is 1. The monoisotopic (exact) mass is 568 g/mol. The Kier molecular flexibility index (Phi) is 6.20. The fraction of sp³-hybridized carbons (Fsp3) is 0.150. The lowest BCUT2D eigenvalue weighted by molar-refractivity contribution is 0.508. The summed E-state index contributed by atoms with van der Waals surface area (Å²) >= 11 is 0. The number of aromatic nitrogens is 2. The van der Waals surface area contributed by atoms with Gasteiger partial charge in [0.1, 0.15) is 12.1 Å². The van der Waals surface area contributed by atoms with Crippen molar-refractivity contribution < 1.29 is 0 Å². The minimum Gasteiger partial charge on any atom is -0.312 e. The van der Waals surface area contributed by atoms with E-state index >= 15 is 0 Å². The summed E-state index contributed by atoms with van der Waals surface area (Å²) in [5.74, 6) is 0. The van der Waals surface area contributed by atoms with Gasteiger partial charge in [0.2, 0.25) is 0 Å². The largest absolute Gasteiger partial charge is 0.312 e. The summed E-state index contributed by atoms with van der Waals surface area (Å²) < 4.78 is 4.28. The van der Waals surface area contributed by atoms with Crippen LogP contribution in [-0.2, 0) is 0 Å². The molecule has 0 saturated carbocycles. The molecule has 0 aliphatic carbocycles. The van der Waals surface area contributed by atoms with Gasteiger partial charge in [-0.15, -0.1) is 0 Å². The molecule has 0 N–H and O–H groups in total. The van der Waals surface area contributed by atoms with Crippen molar-refractivity contribution in [3.63, 3.8) is 0 Å². The van der Waals surface area contributed by atoms with Crippen molar-refractivity contribution in [3.05, 3.63) is 125 Å². The molecule has 0 aliphatic rings. The van der Waals surface area contributed by atoms with Crippen molar-refractivity contribution in [2.45, 2.75) is 34.6 Å². The van der Waals surface area contributed by atoms with Crippen molar-refractivity contribution in [1.29, 1.82) is 10.5 Å². The fourth-order valence-electron chi connectivity index (χ4n) is 6.49. The van der Waals surface area contributed by atoms with E-state index < -0.39 is 0 Å². The molecule has 0 fully saturated rings. The average Bonchev–Trinajstić information content (AvgIpc) is 3.51. The molecule has 44 heavy (non-hydrogen) atoms. The highest BCUT2D eigenvalue weighted by Gasteiger charge is 2.24. The van der Waals surface area contributed by atoms with Crippen molar-refractivity contribution in [1.82, 2.24) is 9.13 Å². The van der Waals surface area contributed by atoms with Gasteiger partial charge in [0, 0.05) is 27.4 Å². The highest BCUT2D eigenvalue weighted by molar-refractivity contribution is 6.12. The zero-order chi connectivity index (χ0) is 30.7. The van der Waals surface area contributed by atoms with Gasteiger partial charge in [-0.3, -0.25) is 0 Å². The third kappa shape index (κ3) is 3.96. The van der Waals surface area contributed by atoms with Crippen LogP contribution < -0.4 is 0 Å². The normalized spacial score (nSPS) is 12.3. The minimum absolute atomic E-state index is 0.00119. The molecular weight excluding hydrogens is 536 g/mol. The molecule has 4 nitrogen and oxygen atoms in total. The molecule has 0 spiro atoms. The van der Waals surface area contributed by atoms with Crippen LogP contribution in [0.5, 0.6) is 0 Å². The highest BCUT2D eigenvalue weighted by Crippen LogP contribution is 2.40. The number of hydrogen-bond acceptors (Lipinski definition) is 2. The van der Waals surface area contributed by atoms with Gasteiger partial charge in [0.25, 0.3) is 0 Å². The lowest BCUT2D eigenvalue weighted by Crippen LogP contribution is -2.07. The van der Waals surface area contributed by atoms with E-state index in [-0.39, 0.29) is 5.41 Å². The Morgan fingerprint density at radius 1 is 0.636 bits per heavy atom. The Balaban J connectivity index is 1.58. The predicted molar refractivity (Wildman–Crippen MR) is 182 cm³/mol. The van der Waals surface area contributed by atoms with Crippen LogP contribution >= 0.6 is 0 Å². The molecular formula is C40H32N4. The third-order valence-corrected chi connectivity index (χ3v) is 9.13. The fourth-order valence-corrected chi connectivity index (χ4v) is 6.49. The Labute approximate surface area is 257 Å². The molecule has 0 aliphatic heterocycles. The first kappa shape index (κ1) is 27.3. The first-order valence-corrected chi connectivity index (χ1v) is 14.9. The average molecular weight is 569 g/mol. The number of hydrogen-bond donors (Lipinski definition) is 0. The highest BCUT2D eigenvalue weighted by atomic mass is 15.0. The quantitative estimate of drug-likeness (QED) is 0.213. The summed E-state index contributed by atoms with van der Waals surface area (Å²) in [6.07, 6.45) is 2.30. The number of para-hydroxylation sites is 2. The minimum atomic E-state index is 0.00119. The summed E-state index contributed by atoms with van der Waals surface area (Å²) in [5.41, 5.74) is 8.59. The molecule has 0 bridgehead atoms. The number of nitriles is 2. The van der Waals surface area contributed by atoms with E-state index in [9.17, 15) is 10.5 Å². The Morgan fingerprint density at radius 3 is 1.73 bits per heavy atom. The van der Waals surface area contributed by atoms with Crippen molar-refractivity contribution in [2.24, 2.45) is 5.41 Å². The molecule has 7 aromatic rings. The Hall–Kier alpha value is -5.58. The third-order valence-electron chi connectivity index (χ3n) is 9.13. The smallest absolute Gasteiger partial charge is 0.103 e. The molecule has 0 radical (unpaired) electrons. The van der Waals surface area contributed by atoms with Gasteiger partial charge in [-0.1, -0.05) is 99.2 Å². The summed E-state index contributed by atoms with van der Waals surface area (Å²) in [5, 5.41) is 27.1. The first-order valence-electron chi connectivity index (χ1n) is 14.9. The van der Waals surface area contributed by atoms with Crippen molar-refractivity contribution in [3.8, 4) is 23.5 Å². The molecule has 0 amide bonds. The van der Waals surface area contributed by atoms with E-state index in [4.69, 9.17) is 0 Å². The number of rotatable bonds is 3. The van der Waals surface area contributed by atoms with Crippen LogP contribution in [0.15, 0.2) is 103 Å². The van der Waals surface area contributed by atoms with Gasteiger partial charge in [0.15, 0.2) is 0 Å². The van der Waals surface area contributed by atoms with E-state index in [1.165, 1.54) is 16.3 Å². The molecule has 0 unspecified atom stereocenters. The van der Waals surface area contributed by atoms with E-state index in [1.807, 2.05) is 36.4 Å².